The van der Waals surface area contributed by atoms with E-state index in [0.717, 1.165) is 42.9 Å². The van der Waals surface area contributed by atoms with Gasteiger partial charge in [0, 0.05) is 30.9 Å². The van der Waals surface area contributed by atoms with Crippen LogP contribution in [0.2, 0.25) is 0 Å². The molecule has 1 saturated heterocycles. The lowest BCUT2D eigenvalue weighted by Crippen LogP contribution is -2.47. The smallest absolute Gasteiger partial charge is 0.257 e. The van der Waals surface area contributed by atoms with E-state index in [1.54, 1.807) is 11.8 Å². The fourth-order valence-electron chi connectivity index (χ4n) is 3.96. The highest BCUT2D eigenvalue weighted by Gasteiger charge is 2.29. The van der Waals surface area contributed by atoms with Crippen molar-refractivity contribution in [2.45, 2.75) is 18.9 Å². The van der Waals surface area contributed by atoms with Crippen molar-refractivity contribution < 1.29 is 9.53 Å². The molecule has 4 rings (SSSR count). The van der Waals surface area contributed by atoms with Gasteiger partial charge in [-0.05, 0) is 51.2 Å². The Morgan fingerprint density at radius 1 is 1.13 bits per heavy atom. The highest BCUT2D eigenvalue weighted by Crippen LogP contribution is 2.28. The van der Waals surface area contributed by atoms with E-state index in [9.17, 15) is 4.79 Å². The van der Waals surface area contributed by atoms with Crippen LogP contribution in [0.4, 0.5) is 0 Å². The number of likely N-dealkylation sites (N-methyl/N-ethyl adjacent to an activating group) is 1. The second-order valence-corrected chi connectivity index (χ2v) is 7.91. The summed E-state index contributed by atoms with van der Waals surface area (Å²) in [7, 11) is 5.80. The normalized spacial score (nSPS) is 16.7. The number of nitrogens with zero attached hydrogens (tertiary/aromatic N) is 4. The van der Waals surface area contributed by atoms with Crippen LogP contribution >= 0.6 is 0 Å². The molecule has 1 aromatic heterocycles. The Hall–Kier alpha value is -3.12. The van der Waals surface area contributed by atoms with Crippen LogP contribution in [0.1, 0.15) is 23.2 Å². The van der Waals surface area contributed by atoms with Gasteiger partial charge < -0.3 is 14.5 Å². The summed E-state index contributed by atoms with van der Waals surface area (Å²) in [6.45, 7) is 1.51. The second-order valence-electron chi connectivity index (χ2n) is 7.91. The van der Waals surface area contributed by atoms with E-state index >= 15 is 0 Å². The van der Waals surface area contributed by atoms with Crippen molar-refractivity contribution in [1.82, 2.24) is 19.6 Å². The molecule has 0 spiro atoms. The molecule has 1 atom stereocenters. The van der Waals surface area contributed by atoms with Gasteiger partial charge in [-0.1, -0.05) is 30.3 Å². The minimum atomic E-state index is 0.0292. The van der Waals surface area contributed by atoms with E-state index in [1.165, 1.54) is 0 Å². The number of aromatic nitrogens is 2. The van der Waals surface area contributed by atoms with Crippen molar-refractivity contribution in [3.05, 3.63) is 66.4 Å². The van der Waals surface area contributed by atoms with Gasteiger partial charge in [-0.15, -0.1) is 0 Å². The van der Waals surface area contributed by atoms with Crippen LogP contribution in [0.15, 0.2) is 60.8 Å². The molecule has 3 aromatic rings. The Labute approximate surface area is 177 Å². The summed E-state index contributed by atoms with van der Waals surface area (Å²) in [5.74, 6) is 0.771. The molecule has 2 aromatic carbocycles. The van der Waals surface area contributed by atoms with Gasteiger partial charge in [0.2, 0.25) is 0 Å². The van der Waals surface area contributed by atoms with Crippen LogP contribution in [0, 0.1) is 0 Å². The molecule has 156 valence electrons. The lowest BCUT2D eigenvalue weighted by Gasteiger charge is -2.36. The van der Waals surface area contributed by atoms with Gasteiger partial charge in [0.25, 0.3) is 5.91 Å². The van der Waals surface area contributed by atoms with E-state index in [0.29, 0.717) is 17.3 Å². The number of para-hydroxylation sites is 1. The van der Waals surface area contributed by atoms with Crippen molar-refractivity contribution >= 4 is 5.91 Å². The van der Waals surface area contributed by atoms with Gasteiger partial charge in [0.15, 0.2) is 0 Å². The Kier molecular flexibility index (Phi) is 5.86. The van der Waals surface area contributed by atoms with Crippen LogP contribution in [-0.4, -0.2) is 65.8 Å². The van der Waals surface area contributed by atoms with Gasteiger partial charge >= 0.3 is 0 Å². The maximum absolute atomic E-state index is 13.6. The molecule has 1 aliphatic heterocycles. The Bertz CT molecular complexity index is 1010. The number of hydrogen-bond acceptors (Lipinski definition) is 4. The standard InChI is InChI=1S/C24H28N4O2/c1-26(2)20-12-8-14-27(16-20)24(29)22-17-28(19-10-5-4-6-11-19)25-23(22)18-9-7-13-21(15-18)30-3/h4-7,9-11,13,15,17,20H,8,12,14,16H2,1-3H3. The van der Waals surface area contributed by atoms with Crippen LogP contribution < -0.4 is 4.74 Å². The summed E-state index contributed by atoms with van der Waals surface area (Å²) in [6, 6.07) is 18.0. The molecule has 6 nitrogen and oxygen atoms in total. The predicted octanol–water partition coefficient (Wildman–Crippen LogP) is 3.71. The highest BCUT2D eigenvalue weighted by atomic mass is 16.5. The summed E-state index contributed by atoms with van der Waals surface area (Å²) >= 11 is 0. The number of piperidine rings is 1. The number of rotatable bonds is 5. The van der Waals surface area contributed by atoms with Crippen LogP contribution in [0.5, 0.6) is 5.75 Å². The van der Waals surface area contributed by atoms with Crippen LogP contribution in [0.25, 0.3) is 16.9 Å². The third-order valence-electron chi connectivity index (χ3n) is 5.72. The van der Waals surface area contributed by atoms with Gasteiger partial charge in [0.1, 0.15) is 11.4 Å². The van der Waals surface area contributed by atoms with E-state index in [-0.39, 0.29) is 5.91 Å². The van der Waals surface area contributed by atoms with E-state index in [2.05, 4.69) is 19.0 Å². The molecule has 6 heteroatoms. The fourth-order valence-corrected chi connectivity index (χ4v) is 3.96. The first kappa shape index (κ1) is 20.2. The molecule has 0 N–H and O–H groups in total. The zero-order chi connectivity index (χ0) is 21.1. The topological polar surface area (TPSA) is 50.6 Å². The molecule has 0 bridgehead atoms. The van der Waals surface area contributed by atoms with Crippen LogP contribution in [-0.2, 0) is 0 Å². The fraction of sp³-hybridized carbons (Fsp3) is 0.333. The number of ether oxygens (including phenoxy) is 1. The maximum Gasteiger partial charge on any atom is 0.257 e. The molecule has 1 aliphatic rings. The summed E-state index contributed by atoms with van der Waals surface area (Å²) in [6.07, 6.45) is 3.98. The van der Waals surface area contributed by atoms with E-state index in [1.807, 2.05) is 65.7 Å². The monoisotopic (exact) mass is 404 g/mol. The van der Waals surface area contributed by atoms with E-state index < -0.39 is 0 Å². The van der Waals surface area contributed by atoms with Crippen molar-refractivity contribution in [2.75, 3.05) is 34.3 Å². The molecule has 30 heavy (non-hydrogen) atoms. The Balaban J connectivity index is 1.75. The second kappa shape index (κ2) is 8.71. The molecule has 1 amide bonds. The average Bonchev–Trinajstić information content (AvgIpc) is 3.25. The lowest BCUT2D eigenvalue weighted by molar-refractivity contribution is 0.0636. The predicted molar refractivity (Wildman–Crippen MR) is 118 cm³/mol. The molecule has 0 radical (unpaired) electrons. The zero-order valence-electron chi connectivity index (χ0n) is 17.8. The minimum absolute atomic E-state index is 0.0292. The first-order valence-electron chi connectivity index (χ1n) is 10.3. The van der Waals surface area contributed by atoms with Crippen molar-refractivity contribution in [3.8, 4) is 22.7 Å². The number of hydrogen-bond donors (Lipinski definition) is 0. The first-order valence-corrected chi connectivity index (χ1v) is 10.3. The summed E-state index contributed by atoms with van der Waals surface area (Å²) in [4.78, 5) is 17.8. The summed E-state index contributed by atoms with van der Waals surface area (Å²) in [5, 5.41) is 4.80. The van der Waals surface area contributed by atoms with Gasteiger partial charge in [-0.25, -0.2) is 4.68 Å². The SMILES string of the molecule is COc1cccc(-c2nn(-c3ccccc3)cc2C(=O)N2CCCC(N(C)C)C2)c1. The largest absolute Gasteiger partial charge is 0.497 e. The highest BCUT2D eigenvalue weighted by molar-refractivity contribution is 6.00. The minimum Gasteiger partial charge on any atom is -0.497 e. The molecule has 1 fully saturated rings. The number of likely N-dealkylation sites (tertiary alicyclic amines) is 1. The van der Waals surface area contributed by atoms with Crippen molar-refractivity contribution in [1.29, 1.82) is 0 Å². The number of carbonyl (C=O) groups is 1. The molecular formula is C24H28N4O2. The molecule has 1 unspecified atom stereocenters. The molecular weight excluding hydrogens is 376 g/mol. The Morgan fingerprint density at radius 2 is 1.93 bits per heavy atom. The number of methoxy groups -OCH3 is 1. The first-order chi connectivity index (χ1) is 14.6. The summed E-state index contributed by atoms with van der Waals surface area (Å²) < 4.78 is 7.18. The number of benzene rings is 2. The average molecular weight is 405 g/mol. The van der Waals surface area contributed by atoms with E-state index in [4.69, 9.17) is 9.84 Å². The molecule has 0 aliphatic carbocycles. The zero-order valence-corrected chi connectivity index (χ0v) is 17.8. The number of carbonyl (C=O) groups excluding carboxylic acids is 1. The van der Waals surface area contributed by atoms with Crippen molar-refractivity contribution in [2.24, 2.45) is 0 Å². The lowest BCUT2D eigenvalue weighted by atomic mass is 10.0. The summed E-state index contributed by atoms with van der Waals surface area (Å²) in [5.41, 5.74) is 3.08. The third-order valence-corrected chi connectivity index (χ3v) is 5.72. The number of amides is 1. The van der Waals surface area contributed by atoms with Gasteiger partial charge in [-0.2, -0.15) is 5.10 Å². The third kappa shape index (κ3) is 4.09. The molecule has 2 heterocycles. The van der Waals surface area contributed by atoms with Gasteiger partial charge in [-0.3, -0.25) is 4.79 Å². The quantitative estimate of drug-likeness (QED) is 0.650. The molecule has 0 saturated carbocycles. The maximum atomic E-state index is 13.6. The van der Waals surface area contributed by atoms with Crippen LogP contribution in [0.3, 0.4) is 0 Å². The Morgan fingerprint density at radius 3 is 2.67 bits per heavy atom. The van der Waals surface area contributed by atoms with Crippen molar-refractivity contribution in [3.63, 3.8) is 0 Å². The van der Waals surface area contributed by atoms with Gasteiger partial charge in [0.05, 0.1) is 18.4 Å².